The van der Waals surface area contributed by atoms with E-state index in [0.717, 1.165) is 25.7 Å². The average molecular weight is 247 g/mol. The molecule has 0 spiro atoms. The molecule has 0 aliphatic heterocycles. The van der Waals surface area contributed by atoms with E-state index in [1.165, 1.54) is 6.20 Å². The van der Waals surface area contributed by atoms with Crippen LogP contribution >= 0.6 is 0 Å². The normalized spacial score (nSPS) is 23.3. The van der Waals surface area contributed by atoms with Crippen LogP contribution in [-0.4, -0.2) is 24.3 Å². The summed E-state index contributed by atoms with van der Waals surface area (Å²) in [6.45, 7) is 0. The van der Waals surface area contributed by atoms with Gasteiger partial charge in [0.05, 0.1) is 18.0 Å². The van der Waals surface area contributed by atoms with Gasteiger partial charge in [0.2, 0.25) is 5.88 Å². The van der Waals surface area contributed by atoms with Crippen LogP contribution in [-0.2, 0) is 4.74 Å². The molecule has 2 atom stereocenters. The summed E-state index contributed by atoms with van der Waals surface area (Å²) in [6, 6.07) is 3.63. The van der Waals surface area contributed by atoms with E-state index in [1.807, 2.05) is 0 Å². The lowest BCUT2D eigenvalue weighted by Crippen LogP contribution is -2.29. The Bertz CT molecular complexity index is 456. The Hall–Kier alpha value is -1.80. The number of nitriles is 1. The maximum absolute atomic E-state index is 9.02. The van der Waals surface area contributed by atoms with Gasteiger partial charge >= 0.3 is 0 Å². The van der Waals surface area contributed by atoms with Crippen LogP contribution in [0.1, 0.15) is 31.2 Å². The fourth-order valence-corrected chi connectivity index (χ4v) is 2.22. The zero-order valence-corrected chi connectivity index (χ0v) is 10.4. The van der Waals surface area contributed by atoms with Gasteiger partial charge in [-0.3, -0.25) is 0 Å². The van der Waals surface area contributed by atoms with E-state index in [4.69, 9.17) is 20.5 Å². The largest absolute Gasteiger partial charge is 0.473 e. The average Bonchev–Trinajstić information content (AvgIpc) is 2.41. The number of nitrogen functional groups attached to an aromatic ring is 1. The molecular weight excluding hydrogens is 230 g/mol. The van der Waals surface area contributed by atoms with Gasteiger partial charge in [0, 0.05) is 13.5 Å². The van der Waals surface area contributed by atoms with Crippen molar-refractivity contribution in [1.82, 2.24) is 4.98 Å². The van der Waals surface area contributed by atoms with E-state index in [2.05, 4.69) is 11.1 Å². The van der Waals surface area contributed by atoms with Crippen LogP contribution in [0.2, 0.25) is 0 Å². The van der Waals surface area contributed by atoms with Crippen molar-refractivity contribution in [3.63, 3.8) is 0 Å². The second-order valence-corrected chi connectivity index (χ2v) is 4.50. The molecule has 1 aliphatic carbocycles. The molecule has 1 aromatic rings. The van der Waals surface area contributed by atoms with Crippen molar-refractivity contribution in [2.75, 3.05) is 12.8 Å². The Kier molecular flexibility index (Phi) is 4.00. The molecule has 2 rings (SSSR count). The maximum Gasteiger partial charge on any atom is 0.232 e. The zero-order valence-electron chi connectivity index (χ0n) is 10.4. The van der Waals surface area contributed by atoms with Crippen molar-refractivity contribution in [3.05, 3.63) is 17.8 Å². The topological polar surface area (TPSA) is 81.2 Å². The van der Waals surface area contributed by atoms with Crippen molar-refractivity contribution >= 4 is 5.69 Å². The zero-order chi connectivity index (χ0) is 13.0. The van der Waals surface area contributed by atoms with E-state index in [-0.39, 0.29) is 12.2 Å². The number of nitrogens with two attached hydrogens (primary N) is 1. The third-order valence-corrected chi connectivity index (χ3v) is 3.18. The third-order valence-electron chi connectivity index (χ3n) is 3.18. The Morgan fingerprint density at radius 2 is 2.22 bits per heavy atom. The maximum atomic E-state index is 9.02. The van der Waals surface area contributed by atoms with Crippen LogP contribution < -0.4 is 10.5 Å². The van der Waals surface area contributed by atoms with Crippen LogP contribution in [0, 0.1) is 11.3 Å². The van der Waals surface area contributed by atoms with Gasteiger partial charge in [0.25, 0.3) is 0 Å². The monoisotopic (exact) mass is 247 g/mol. The molecule has 1 aliphatic rings. The fourth-order valence-electron chi connectivity index (χ4n) is 2.22. The predicted octanol–water partition coefficient (Wildman–Crippen LogP) is 1.87. The first-order chi connectivity index (χ1) is 8.72. The van der Waals surface area contributed by atoms with Crippen LogP contribution in [0.15, 0.2) is 12.3 Å². The highest BCUT2D eigenvalue weighted by molar-refractivity contribution is 5.48. The molecule has 5 nitrogen and oxygen atoms in total. The number of pyridine rings is 1. The minimum Gasteiger partial charge on any atom is -0.473 e. The van der Waals surface area contributed by atoms with E-state index in [9.17, 15) is 0 Å². The van der Waals surface area contributed by atoms with Crippen molar-refractivity contribution < 1.29 is 9.47 Å². The van der Waals surface area contributed by atoms with E-state index in [0.29, 0.717) is 17.1 Å². The SMILES string of the molecule is COC1CCCC(Oc2ncc(N)cc2C#N)C1. The molecule has 96 valence electrons. The molecule has 0 radical (unpaired) electrons. The smallest absolute Gasteiger partial charge is 0.232 e. The molecule has 1 saturated carbocycles. The summed E-state index contributed by atoms with van der Waals surface area (Å²) in [5, 5.41) is 9.02. The summed E-state index contributed by atoms with van der Waals surface area (Å²) in [7, 11) is 1.72. The Morgan fingerprint density at radius 3 is 2.94 bits per heavy atom. The summed E-state index contributed by atoms with van der Waals surface area (Å²) < 4.78 is 11.1. The molecule has 1 aromatic heterocycles. The van der Waals surface area contributed by atoms with Crippen molar-refractivity contribution in [1.29, 1.82) is 5.26 Å². The second kappa shape index (κ2) is 5.69. The highest BCUT2D eigenvalue weighted by atomic mass is 16.5. The van der Waals surface area contributed by atoms with E-state index in [1.54, 1.807) is 13.2 Å². The molecule has 0 amide bonds. The van der Waals surface area contributed by atoms with Gasteiger partial charge in [-0.1, -0.05) is 0 Å². The summed E-state index contributed by atoms with van der Waals surface area (Å²) >= 11 is 0. The van der Waals surface area contributed by atoms with Crippen molar-refractivity contribution in [3.8, 4) is 11.9 Å². The van der Waals surface area contributed by atoms with Gasteiger partial charge in [0.1, 0.15) is 17.7 Å². The summed E-state index contributed by atoms with van der Waals surface area (Å²) in [5.41, 5.74) is 6.44. The third kappa shape index (κ3) is 2.90. The first kappa shape index (κ1) is 12.7. The van der Waals surface area contributed by atoms with Crippen LogP contribution in [0.3, 0.4) is 0 Å². The highest BCUT2D eigenvalue weighted by Crippen LogP contribution is 2.26. The highest BCUT2D eigenvalue weighted by Gasteiger charge is 2.24. The lowest BCUT2D eigenvalue weighted by molar-refractivity contribution is 0.0194. The Balaban J connectivity index is 2.07. The molecule has 2 unspecified atom stereocenters. The number of nitrogens with zero attached hydrogens (tertiary/aromatic N) is 2. The Labute approximate surface area is 107 Å². The molecule has 0 bridgehead atoms. The van der Waals surface area contributed by atoms with Gasteiger partial charge in [0.15, 0.2) is 0 Å². The number of aromatic nitrogens is 1. The predicted molar refractivity (Wildman–Crippen MR) is 67.0 cm³/mol. The van der Waals surface area contributed by atoms with Gasteiger partial charge in [-0.05, 0) is 25.3 Å². The van der Waals surface area contributed by atoms with Crippen LogP contribution in [0.4, 0.5) is 5.69 Å². The molecule has 5 heteroatoms. The first-order valence-corrected chi connectivity index (χ1v) is 6.08. The van der Waals surface area contributed by atoms with Crippen LogP contribution in [0.5, 0.6) is 5.88 Å². The summed E-state index contributed by atoms with van der Waals surface area (Å²) in [4.78, 5) is 4.08. The summed E-state index contributed by atoms with van der Waals surface area (Å²) in [5.74, 6) is 0.369. The minimum absolute atomic E-state index is 0.0620. The molecule has 1 fully saturated rings. The number of hydrogen-bond donors (Lipinski definition) is 1. The number of methoxy groups -OCH3 is 1. The second-order valence-electron chi connectivity index (χ2n) is 4.50. The lowest BCUT2D eigenvalue weighted by Gasteiger charge is -2.28. The van der Waals surface area contributed by atoms with Gasteiger partial charge in [-0.25, -0.2) is 4.98 Å². The van der Waals surface area contributed by atoms with Crippen molar-refractivity contribution in [2.45, 2.75) is 37.9 Å². The number of hydrogen-bond acceptors (Lipinski definition) is 5. The van der Waals surface area contributed by atoms with Crippen molar-refractivity contribution in [2.24, 2.45) is 0 Å². The number of ether oxygens (including phenoxy) is 2. The van der Waals surface area contributed by atoms with Gasteiger partial charge < -0.3 is 15.2 Å². The quantitative estimate of drug-likeness (QED) is 0.881. The standard InChI is InChI=1S/C13H17N3O2/c1-17-11-3-2-4-12(6-11)18-13-9(7-14)5-10(15)8-16-13/h5,8,11-12H,2-4,6,15H2,1H3. The number of rotatable bonds is 3. The van der Waals surface area contributed by atoms with Crippen LogP contribution in [0.25, 0.3) is 0 Å². The minimum atomic E-state index is 0.0620. The molecule has 18 heavy (non-hydrogen) atoms. The summed E-state index contributed by atoms with van der Waals surface area (Å²) in [6.07, 6.45) is 5.75. The molecular formula is C13H17N3O2. The van der Waals surface area contributed by atoms with Gasteiger partial charge in [-0.15, -0.1) is 0 Å². The molecule has 0 aromatic carbocycles. The van der Waals surface area contributed by atoms with E-state index < -0.39 is 0 Å². The molecule has 2 N–H and O–H groups in total. The van der Waals surface area contributed by atoms with E-state index >= 15 is 0 Å². The molecule has 1 heterocycles. The fraction of sp³-hybridized carbons (Fsp3) is 0.538. The lowest BCUT2D eigenvalue weighted by atomic mass is 9.95. The number of anilines is 1. The first-order valence-electron chi connectivity index (χ1n) is 6.08. The van der Waals surface area contributed by atoms with Gasteiger partial charge in [-0.2, -0.15) is 5.26 Å². The Morgan fingerprint density at radius 1 is 1.44 bits per heavy atom. The molecule has 0 saturated heterocycles.